The molecule has 4 heteroatoms. The number of fused-ring (bicyclic) bond motifs is 2. The fraction of sp³-hybridized carbons (Fsp3) is 0. The second-order valence-electron chi connectivity index (χ2n) is 5.22. The fourth-order valence-electron chi connectivity index (χ4n) is 2.57. The Morgan fingerprint density at radius 3 is 1.96 bits per heavy atom. The summed E-state index contributed by atoms with van der Waals surface area (Å²) in [6.45, 7) is 0. The monoisotopic (exact) mass is 316 g/mol. The van der Waals surface area contributed by atoms with Gasteiger partial charge in [0.05, 0.1) is 11.1 Å². The molecular weight excluding hydrogens is 304 g/mol. The zero-order valence-electron chi connectivity index (χ0n) is 12.5. The maximum Gasteiger partial charge on any atom is 0.337 e. The molecule has 2 N–H and O–H groups in total. The molecule has 0 saturated heterocycles. The maximum atomic E-state index is 11.2. The second-order valence-corrected chi connectivity index (χ2v) is 5.22. The van der Waals surface area contributed by atoms with Crippen LogP contribution in [0.1, 0.15) is 26.3 Å². The normalized spacial score (nSPS) is 10.3. The number of rotatable bonds is 2. The molecule has 0 atom stereocenters. The van der Waals surface area contributed by atoms with Crippen LogP contribution >= 0.6 is 0 Å². The third-order valence-corrected chi connectivity index (χ3v) is 3.77. The largest absolute Gasteiger partial charge is 0.478 e. The van der Waals surface area contributed by atoms with Crippen LogP contribution in [0.25, 0.3) is 21.9 Å². The van der Waals surface area contributed by atoms with Crippen LogP contribution in [-0.2, 0) is 0 Å². The molecule has 116 valence electrons. The lowest BCUT2D eigenvalue weighted by molar-refractivity contribution is 0.0686. The molecule has 0 saturated carbocycles. The van der Waals surface area contributed by atoms with Crippen LogP contribution in [-0.4, -0.2) is 22.2 Å². The number of hydrogen-bond donors (Lipinski definition) is 2. The van der Waals surface area contributed by atoms with E-state index in [0.29, 0.717) is 10.8 Å². The van der Waals surface area contributed by atoms with Crippen molar-refractivity contribution in [1.82, 2.24) is 0 Å². The Kier molecular flexibility index (Phi) is 3.77. The summed E-state index contributed by atoms with van der Waals surface area (Å²) in [6, 6.07) is 15.9. The summed E-state index contributed by atoms with van der Waals surface area (Å²) in [5, 5.41) is 18.9. The van der Waals surface area contributed by atoms with Crippen LogP contribution in [0.15, 0.2) is 54.6 Å². The Hall–Kier alpha value is -3.58. The van der Waals surface area contributed by atoms with E-state index in [2.05, 4.69) is 30.2 Å². The fourth-order valence-corrected chi connectivity index (χ4v) is 2.57. The van der Waals surface area contributed by atoms with Gasteiger partial charge in [-0.2, -0.15) is 0 Å². The van der Waals surface area contributed by atoms with E-state index in [0.717, 1.165) is 0 Å². The average molecular weight is 316 g/mol. The molecule has 0 spiro atoms. The van der Waals surface area contributed by atoms with Gasteiger partial charge < -0.3 is 10.2 Å². The van der Waals surface area contributed by atoms with E-state index in [-0.39, 0.29) is 16.7 Å². The summed E-state index contributed by atoms with van der Waals surface area (Å²) in [5.74, 6) is 0.0131. The summed E-state index contributed by atoms with van der Waals surface area (Å²) in [7, 11) is 0. The predicted molar refractivity (Wildman–Crippen MR) is 91.2 cm³/mol. The molecule has 2 aromatic carbocycles. The van der Waals surface area contributed by atoms with Gasteiger partial charge in [-0.25, -0.2) is 9.59 Å². The van der Waals surface area contributed by atoms with Crippen molar-refractivity contribution in [1.29, 1.82) is 0 Å². The van der Waals surface area contributed by atoms with Crippen molar-refractivity contribution in [3.63, 3.8) is 0 Å². The number of aromatic carboxylic acids is 2. The van der Waals surface area contributed by atoms with Crippen molar-refractivity contribution in [3.05, 3.63) is 71.3 Å². The summed E-state index contributed by atoms with van der Waals surface area (Å²) in [4.78, 5) is 22.3. The molecule has 24 heavy (non-hydrogen) atoms. The third-order valence-electron chi connectivity index (χ3n) is 3.77. The molecule has 0 fully saturated rings. The van der Waals surface area contributed by atoms with Crippen LogP contribution in [0, 0.1) is 12.3 Å². The smallest absolute Gasteiger partial charge is 0.337 e. The Labute approximate surface area is 138 Å². The summed E-state index contributed by atoms with van der Waals surface area (Å²) < 4.78 is 0. The minimum absolute atomic E-state index is 0.0434. The molecule has 0 heterocycles. The highest BCUT2D eigenvalue weighted by molar-refractivity contribution is 6.11. The molecule has 4 nitrogen and oxygen atoms in total. The Bertz CT molecular complexity index is 1010. The van der Waals surface area contributed by atoms with E-state index >= 15 is 0 Å². The van der Waals surface area contributed by atoms with Gasteiger partial charge in [-0.3, -0.25) is 0 Å². The van der Waals surface area contributed by atoms with Crippen LogP contribution in [0.4, 0.5) is 0 Å². The van der Waals surface area contributed by atoms with E-state index in [4.69, 9.17) is 11.5 Å². The number of carboxylic acids is 2. The van der Waals surface area contributed by atoms with E-state index in [1.165, 1.54) is 35.4 Å². The van der Waals surface area contributed by atoms with E-state index in [1.54, 1.807) is 6.07 Å². The highest BCUT2D eigenvalue weighted by Crippen LogP contribution is 2.32. The lowest BCUT2D eigenvalue weighted by atomic mass is 9.96. The highest BCUT2D eigenvalue weighted by atomic mass is 16.4. The van der Waals surface area contributed by atoms with Gasteiger partial charge >= 0.3 is 11.9 Å². The van der Waals surface area contributed by atoms with Gasteiger partial charge in [-0.15, -0.1) is 6.42 Å². The molecule has 2 aliphatic carbocycles. The van der Waals surface area contributed by atoms with E-state index in [1.807, 2.05) is 0 Å². The van der Waals surface area contributed by atoms with Gasteiger partial charge in [0.25, 0.3) is 0 Å². The van der Waals surface area contributed by atoms with Gasteiger partial charge in [0.2, 0.25) is 0 Å². The van der Waals surface area contributed by atoms with Crippen molar-refractivity contribution in [2.75, 3.05) is 0 Å². The lowest BCUT2D eigenvalue weighted by Gasteiger charge is -2.07. The van der Waals surface area contributed by atoms with Gasteiger partial charge in [0, 0.05) is 5.56 Å². The molecule has 0 aliphatic heterocycles. The first kappa shape index (κ1) is 15.3. The first-order valence-corrected chi connectivity index (χ1v) is 7.12. The quantitative estimate of drug-likeness (QED) is 0.550. The minimum atomic E-state index is -1.17. The minimum Gasteiger partial charge on any atom is -0.478 e. The van der Waals surface area contributed by atoms with Crippen molar-refractivity contribution in [2.45, 2.75) is 0 Å². The summed E-state index contributed by atoms with van der Waals surface area (Å²) in [5.41, 5.74) is 3.10. The SMILES string of the molecule is C#Cc1ccc2c(C(=O)O)cccc2c1C(=O)O.c1cc2cc-2c1. The Balaban J connectivity index is 0.000000231. The molecule has 0 radical (unpaired) electrons. The highest BCUT2D eigenvalue weighted by Gasteiger charge is 2.16. The molecule has 0 unspecified atom stereocenters. The van der Waals surface area contributed by atoms with Gasteiger partial charge in [-0.1, -0.05) is 42.3 Å². The van der Waals surface area contributed by atoms with E-state index < -0.39 is 11.9 Å². The number of hydrogen-bond acceptors (Lipinski definition) is 2. The van der Waals surface area contributed by atoms with Crippen molar-refractivity contribution in [3.8, 4) is 23.5 Å². The van der Waals surface area contributed by atoms with Gasteiger partial charge in [0.15, 0.2) is 0 Å². The standard InChI is InChI=1S/C14H8O4.C6H4/c1-2-8-6-7-9-10(12(8)14(17)18)4-3-5-11(9)13(15)16;1-2-5-4-6(5)3-1/h1,3-7H,(H,15,16)(H,17,18);1-4H. The predicted octanol–water partition coefficient (Wildman–Crippen LogP) is 3.88. The van der Waals surface area contributed by atoms with Gasteiger partial charge in [0.1, 0.15) is 0 Å². The van der Waals surface area contributed by atoms with Crippen LogP contribution in [0.5, 0.6) is 0 Å². The summed E-state index contributed by atoms with van der Waals surface area (Å²) in [6.07, 6.45) is 5.25. The number of terminal acetylenes is 1. The Morgan fingerprint density at radius 1 is 0.833 bits per heavy atom. The van der Waals surface area contributed by atoms with Crippen molar-refractivity contribution >= 4 is 22.7 Å². The first-order valence-electron chi connectivity index (χ1n) is 7.12. The molecule has 0 aromatic heterocycles. The van der Waals surface area contributed by atoms with Crippen LogP contribution < -0.4 is 0 Å². The van der Waals surface area contributed by atoms with Crippen LogP contribution in [0.3, 0.4) is 0 Å². The first-order chi connectivity index (χ1) is 11.5. The van der Waals surface area contributed by atoms with Gasteiger partial charge in [-0.05, 0) is 40.1 Å². The zero-order chi connectivity index (χ0) is 17.3. The molecule has 0 amide bonds. The Morgan fingerprint density at radius 2 is 1.50 bits per heavy atom. The molecule has 2 aliphatic rings. The molecular formula is C20H12O4. The number of benzene rings is 3. The van der Waals surface area contributed by atoms with Crippen molar-refractivity contribution < 1.29 is 19.8 Å². The average Bonchev–Trinajstić information content (AvgIpc) is 3.18. The number of carbonyl (C=O) groups is 2. The van der Waals surface area contributed by atoms with Crippen LogP contribution in [0.2, 0.25) is 0 Å². The molecule has 2 aromatic rings. The topological polar surface area (TPSA) is 74.6 Å². The molecule has 4 rings (SSSR count). The maximum absolute atomic E-state index is 11.2. The molecule has 0 bridgehead atoms. The second kappa shape index (κ2) is 5.90. The zero-order valence-corrected chi connectivity index (χ0v) is 12.5. The number of carboxylic acid groups (broad SMARTS) is 2. The van der Waals surface area contributed by atoms with E-state index in [9.17, 15) is 14.7 Å². The van der Waals surface area contributed by atoms with Crippen molar-refractivity contribution in [2.24, 2.45) is 0 Å². The third kappa shape index (κ3) is 2.71. The lowest BCUT2D eigenvalue weighted by Crippen LogP contribution is -2.04. The summed E-state index contributed by atoms with van der Waals surface area (Å²) >= 11 is 0.